The summed E-state index contributed by atoms with van der Waals surface area (Å²) in [5, 5.41) is 1.91. The zero-order valence-corrected chi connectivity index (χ0v) is 16.9. The minimum absolute atomic E-state index is 0.135. The van der Waals surface area contributed by atoms with Gasteiger partial charge in [0, 0.05) is 43.1 Å². The fourth-order valence-electron chi connectivity index (χ4n) is 3.24. The van der Waals surface area contributed by atoms with Gasteiger partial charge in [-0.25, -0.2) is 0 Å². The van der Waals surface area contributed by atoms with Crippen molar-refractivity contribution in [2.75, 3.05) is 13.6 Å². The summed E-state index contributed by atoms with van der Waals surface area (Å²) < 4.78 is 0. The van der Waals surface area contributed by atoms with Gasteiger partial charge < -0.3 is 10.6 Å². The highest BCUT2D eigenvalue weighted by atomic mass is 32.1. The molecule has 0 fully saturated rings. The number of aromatic nitrogens is 1. The van der Waals surface area contributed by atoms with Crippen molar-refractivity contribution in [3.8, 4) is 0 Å². The first-order chi connectivity index (χ1) is 12.9. The lowest BCUT2D eigenvalue weighted by Crippen LogP contribution is -2.44. The van der Waals surface area contributed by atoms with E-state index in [0.29, 0.717) is 5.56 Å². The quantitative estimate of drug-likeness (QED) is 0.825. The van der Waals surface area contributed by atoms with E-state index >= 15 is 0 Å². The molecular formula is C20H26N4O2S. The number of aryl methyl sites for hydroxylation is 1. The maximum atomic E-state index is 12.8. The molecule has 0 aliphatic carbocycles. The van der Waals surface area contributed by atoms with Crippen molar-refractivity contribution < 1.29 is 9.59 Å². The van der Waals surface area contributed by atoms with E-state index in [1.807, 2.05) is 11.6 Å². The molecule has 0 aromatic carbocycles. The maximum Gasteiger partial charge on any atom is 0.255 e. The van der Waals surface area contributed by atoms with Crippen LogP contribution in [0.5, 0.6) is 0 Å². The average Bonchev–Trinajstić information content (AvgIpc) is 3.10. The van der Waals surface area contributed by atoms with E-state index in [0.717, 1.165) is 43.7 Å². The molecule has 2 amide bonds. The Morgan fingerprint density at radius 2 is 2.19 bits per heavy atom. The summed E-state index contributed by atoms with van der Waals surface area (Å²) in [6.45, 7) is 6.29. The molecule has 0 saturated carbocycles. The van der Waals surface area contributed by atoms with E-state index in [4.69, 9.17) is 5.73 Å². The largest absolute Gasteiger partial charge is 0.368 e. The third-order valence-corrected chi connectivity index (χ3v) is 6.26. The van der Waals surface area contributed by atoms with E-state index < -0.39 is 11.9 Å². The molecular weight excluding hydrogens is 360 g/mol. The maximum absolute atomic E-state index is 12.8. The Morgan fingerprint density at radius 3 is 2.81 bits per heavy atom. The van der Waals surface area contributed by atoms with Crippen molar-refractivity contribution in [2.24, 2.45) is 5.73 Å². The van der Waals surface area contributed by atoms with Crippen LogP contribution in [0.4, 0.5) is 0 Å². The van der Waals surface area contributed by atoms with Gasteiger partial charge in [-0.2, -0.15) is 0 Å². The third-order valence-electron chi connectivity index (χ3n) is 5.25. The van der Waals surface area contributed by atoms with Gasteiger partial charge in [0.25, 0.3) is 5.91 Å². The first-order valence-electron chi connectivity index (χ1n) is 9.22. The predicted octanol–water partition coefficient (Wildman–Crippen LogP) is 2.21. The van der Waals surface area contributed by atoms with Crippen LogP contribution in [0.2, 0.25) is 0 Å². The lowest BCUT2D eigenvalue weighted by Gasteiger charge is -2.28. The molecule has 3 heterocycles. The van der Waals surface area contributed by atoms with E-state index in [2.05, 4.69) is 28.9 Å². The van der Waals surface area contributed by atoms with Gasteiger partial charge in [-0.1, -0.05) is 13.0 Å². The smallest absolute Gasteiger partial charge is 0.255 e. The molecule has 1 aliphatic rings. The fraction of sp³-hybridized carbons (Fsp3) is 0.450. The van der Waals surface area contributed by atoms with Gasteiger partial charge in [0.2, 0.25) is 5.91 Å². The van der Waals surface area contributed by atoms with Gasteiger partial charge in [0.05, 0.1) is 11.3 Å². The summed E-state index contributed by atoms with van der Waals surface area (Å²) in [5.41, 5.74) is 9.46. The molecule has 2 aromatic rings. The molecule has 0 bridgehead atoms. The van der Waals surface area contributed by atoms with Crippen LogP contribution in [0, 0.1) is 0 Å². The van der Waals surface area contributed by atoms with Gasteiger partial charge in [0.1, 0.15) is 6.04 Å². The van der Waals surface area contributed by atoms with Crippen LogP contribution in [0.15, 0.2) is 23.7 Å². The summed E-state index contributed by atoms with van der Waals surface area (Å²) in [6.07, 6.45) is 3.77. The highest BCUT2D eigenvalue weighted by Gasteiger charge is 2.28. The van der Waals surface area contributed by atoms with Crippen molar-refractivity contribution in [3.63, 3.8) is 0 Å². The minimum atomic E-state index is -0.620. The standard InChI is InChI=1S/C20H26N4O2S/c1-4-14-5-6-15(22-9-14)10-24-8-7-16-17(12-27-18(16)11-24)20(26)23(3)13(2)19(21)25/h5-6,9,12-13H,4,7-8,10-11H2,1-3H3,(H2,21,25). The Hall–Kier alpha value is -2.25. The minimum Gasteiger partial charge on any atom is -0.368 e. The van der Waals surface area contributed by atoms with Crippen LogP contribution in [0.3, 0.4) is 0 Å². The summed E-state index contributed by atoms with van der Waals surface area (Å²) in [5.74, 6) is -0.633. The number of carbonyl (C=O) groups excluding carboxylic acids is 2. The second-order valence-electron chi connectivity index (χ2n) is 7.02. The molecule has 1 aliphatic heterocycles. The zero-order valence-electron chi connectivity index (χ0n) is 16.1. The molecule has 1 atom stereocenters. The number of pyridine rings is 1. The summed E-state index contributed by atoms with van der Waals surface area (Å²) in [4.78, 5) is 33.7. The number of hydrogen-bond acceptors (Lipinski definition) is 5. The molecule has 0 radical (unpaired) electrons. The van der Waals surface area contributed by atoms with Crippen LogP contribution < -0.4 is 5.73 Å². The summed E-state index contributed by atoms with van der Waals surface area (Å²) in [6, 6.07) is 3.61. The van der Waals surface area contributed by atoms with Crippen LogP contribution in [0.1, 0.15) is 45.9 Å². The Balaban J connectivity index is 1.69. The van der Waals surface area contributed by atoms with Gasteiger partial charge in [-0.05, 0) is 37.0 Å². The predicted molar refractivity (Wildman–Crippen MR) is 107 cm³/mol. The number of fused-ring (bicyclic) bond motifs is 1. The Kier molecular flexibility index (Phi) is 5.92. The Bertz CT molecular complexity index is 831. The highest BCUT2D eigenvalue weighted by Crippen LogP contribution is 2.30. The second-order valence-corrected chi connectivity index (χ2v) is 7.98. The Labute approximate surface area is 164 Å². The van der Waals surface area contributed by atoms with Crippen molar-refractivity contribution >= 4 is 23.2 Å². The zero-order chi connectivity index (χ0) is 19.6. The van der Waals surface area contributed by atoms with Gasteiger partial charge in [-0.3, -0.25) is 19.5 Å². The van der Waals surface area contributed by atoms with Crippen LogP contribution >= 0.6 is 11.3 Å². The van der Waals surface area contributed by atoms with Gasteiger partial charge in [-0.15, -0.1) is 11.3 Å². The molecule has 1 unspecified atom stereocenters. The lowest BCUT2D eigenvalue weighted by molar-refractivity contribution is -0.121. The molecule has 144 valence electrons. The SMILES string of the molecule is CCc1ccc(CN2CCc3c(C(=O)N(C)C(C)C(N)=O)csc3C2)nc1. The average molecular weight is 387 g/mol. The third kappa shape index (κ3) is 4.20. The van der Waals surface area contributed by atoms with Crippen molar-refractivity contribution in [1.29, 1.82) is 0 Å². The van der Waals surface area contributed by atoms with Crippen LogP contribution in [-0.2, 0) is 30.7 Å². The van der Waals surface area contributed by atoms with Crippen LogP contribution in [0.25, 0.3) is 0 Å². The number of rotatable bonds is 6. The second kappa shape index (κ2) is 8.19. The molecule has 3 rings (SSSR count). The monoisotopic (exact) mass is 386 g/mol. The molecule has 2 N–H and O–H groups in total. The Morgan fingerprint density at radius 1 is 1.41 bits per heavy atom. The number of nitrogens with two attached hydrogens (primary N) is 1. The lowest BCUT2D eigenvalue weighted by atomic mass is 10.0. The molecule has 0 saturated heterocycles. The first kappa shape index (κ1) is 19.5. The number of primary amides is 1. The fourth-order valence-corrected chi connectivity index (χ4v) is 4.35. The van der Waals surface area contributed by atoms with Crippen molar-refractivity contribution in [3.05, 3.63) is 51.0 Å². The van der Waals surface area contributed by atoms with E-state index in [1.165, 1.54) is 15.3 Å². The molecule has 27 heavy (non-hydrogen) atoms. The summed E-state index contributed by atoms with van der Waals surface area (Å²) >= 11 is 1.61. The number of hydrogen-bond donors (Lipinski definition) is 1. The summed E-state index contributed by atoms with van der Waals surface area (Å²) in [7, 11) is 1.63. The van der Waals surface area contributed by atoms with Gasteiger partial charge >= 0.3 is 0 Å². The number of nitrogens with zero attached hydrogens (tertiary/aromatic N) is 3. The van der Waals surface area contributed by atoms with Crippen LogP contribution in [-0.4, -0.2) is 46.2 Å². The van der Waals surface area contributed by atoms with Gasteiger partial charge in [0.15, 0.2) is 0 Å². The number of carbonyl (C=O) groups is 2. The normalized spacial score (nSPS) is 15.2. The first-order valence-corrected chi connectivity index (χ1v) is 10.1. The van der Waals surface area contributed by atoms with E-state index in [-0.39, 0.29) is 5.91 Å². The molecule has 2 aromatic heterocycles. The molecule has 6 nitrogen and oxygen atoms in total. The van der Waals surface area contributed by atoms with Crippen molar-refractivity contribution in [1.82, 2.24) is 14.8 Å². The molecule has 7 heteroatoms. The van der Waals surface area contributed by atoms with Crippen molar-refractivity contribution in [2.45, 2.75) is 45.8 Å². The van der Waals surface area contributed by atoms with E-state index in [1.54, 1.807) is 25.3 Å². The number of amides is 2. The van der Waals surface area contributed by atoms with E-state index in [9.17, 15) is 9.59 Å². The highest BCUT2D eigenvalue weighted by molar-refractivity contribution is 7.10. The topological polar surface area (TPSA) is 79.5 Å². The number of likely N-dealkylation sites (N-methyl/N-ethyl adjacent to an activating group) is 1. The number of thiophene rings is 1. The molecule has 0 spiro atoms.